The molecule has 1 fully saturated rings. The number of ether oxygens (including phenoxy) is 1. The molecule has 1 atom stereocenters. The Balaban J connectivity index is 1.83. The summed E-state index contributed by atoms with van der Waals surface area (Å²) in [6.07, 6.45) is 0.285. The smallest absolute Gasteiger partial charge is 0.241 e. The zero-order valence-corrected chi connectivity index (χ0v) is 15.1. The molecular weight excluding hydrogens is 370 g/mol. The van der Waals surface area contributed by atoms with Crippen LogP contribution in [0.5, 0.6) is 5.75 Å². The summed E-state index contributed by atoms with van der Waals surface area (Å²) in [5.74, 6) is -0.0415. The zero-order valence-electron chi connectivity index (χ0n) is 13.5. The van der Waals surface area contributed by atoms with Gasteiger partial charge in [-0.1, -0.05) is 34.1 Å². The monoisotopic (exact) mass is 387 g/mol. The second kappa shape index (κ2) is 6.77. The lowest BCUT2D eigenvalue weighted by atomic mass is 9.97. The second-order valence-corrected chi connectivity index (χ2v) is 6.96. The highest BCUT2D eigenvalue weighted by molar-refractivity contribution is 9.10. The van der Waals surface area contributed by atoms with Gasteiger partial charge in [-0.2, -0.15) is 0 Å². The quantitative estimate of drug-likeness (QED) is 0.735. The number of hydrogen-bond donors (Lipinski definition) is 0. The summed E-state index contributed by atoms with van der Waals surface area (Å²) in [4.78, 5) is 26.4. The van der Waals surface area contributed by atoms with E-state index in [-0.39, 0.29) is 24.3 Å². The van der Waals surface area contributed by atoms with Crippen molar-refractivity contribution in [3.8, 4) is 5.75 Å². The van der Waals surface area contributed by atoms with Gasteiger partial charge in [0.2, 0.25) is 11.8 Å². The first-order valence-corrected chi connectivity index (χ1v) is 8.64. The van der Waals surface area contributed by atoms with E-state index in [0.29, 0.717) is 5.69 Å². The van der Waals surface area contributed by atoms with Crippen molar-refractivity contribution in [1.82, 2.24) is 0 Å². The maximum Gasteiger partial charge on any atom is 0.241 e. The predicted octanol–water partition coefficient (Wildman–Crippen LogP) is 4.28. The van der Waals surface area contributed by atoms with Crippen LogP contribution in [0.25, 0.3) is 0 Å². The third-order valence-corrected chi connectivity index (χ3v) is 4.36. The van der Waals surface area contributed by atoms with Crippen LogP contribution in [-0.4, -0.2) is 17.9 Å². The molecule has 0 radical (unpaired) electrons. The summed E-state index contributed by atoms with van der Waals surface area (Å²) >= 11 is 3.37. The molecule has 5 heteroatoms. The van der Waals surface area contributed by atoms with Crippen LogP contribution in [0.1, 0.15) is 31.7 Å². The molecule has 2 amide bonds. The van der Waals surface area contributed by atoms with Crippen molar-refractivity contribution in [3.05, 3.63) is 58.6 Å². The number of rotatable bonds is 4. The molecule has 0 aliphatic carbocycles. The Labute approximate surface area is 149 Å². The lowest BCUT2D eigenvalue weighted by Gasteiger charge is -2.16. The van der Waals surface area contributed by atoms with Gasteiger partial charge in [-0.3, -0.25) is 9.59 Å². The number of anilines is 1. The van der Waals surface area contributed by atoms with Gasteiger partial charge in [0, 0.05) is 10.9 Å². The first kappa shape index (κ1) is 16.7. The van der Waals surface area contributed by atoms with E-state index in [1.54, 1.807) is 12.1 Å². The minimum absolute atomic E-state index is 0.0950. The van der Waals surface area contributed by atoms with E-state index in [2.05, 4.69) is 15.9 Å². The maximum absolute atomic E-state index is 12.7. The minimum Gasteiger partial charge on any atom is -0.491 e. The van der Waals surface area contributed by atoms with Crippen molar-refractivity contribution in [1.29, 1.82) is 0 Å². The molecule has 1 aliphatic heterocycles. The number of carbonyl (C=O) groups is 2. The van der Waals surface area contributed by atoms with E-state index < -0.39 is 5.92 Å². The molecule has 0 N–H and O–H groups in total. The maximum atomic E-state index is 12.7. The van der Waals surface area contributed by atoms with Crippen LogP contribution in [0.15, 0.2) is 53.0 Å². The van der Waals surface area contributed by atoms with Gasteiger partial charge in [0.25, 0.3) is 0 Å². The van der Waals surface area contributed by atoms with E-state index in [0.717, 1.165) is 15.8 Å². The number of carbonyl (C=O) groups excluding carboxylic acids is 2. The molecule has 0 spiro atoms. The molecule has 4 nitrogen and oxygen atoms in total. The van der Waals surface area contributed by atoms with Gasteiger partial charge in [-0.15, -0.1) is 0 Å². The molecule has 2 aromatic carbocycles. The van der Waals surface area contributed by atoms with Crippen LogP contribution < -0.4 is 9.64 Å². The van der Waals surface area contributed by atoms with Crippen LogP contribution in [0.4, 0.5) is 5.69 Å². The lowest BCUT2D eigenvalue weighted by molar-refractivity contribution is -0.121. The number of imide groups is 1. The third kappa shape index (κ3) is 3.36. The molecule has 1 heterocycles. The Kier molecular flexibility index (Phi) is 4.71. The van der Waals surface area contributed by atoms with Crippen molar-refractivity contribution in [2.75, 3.05) is 4.90 Å². The van der Waals surface area contributed by atoms with Crippen molar-refractivity contribution in [2.24, 2.45) is 0 Å². The van der Waals surface area contributed by atoms with Crippen LogP contribution in [0.3, 0.4) is 0 Å². The van der Waals surface area contributed by atoms with Gasteiger partial charge >= 0.3 is 0 Å². The second-order valence-electron chi connectivity index (χ2n) is 6.04. The average Bonchev–Trinajstić information content (AvgIpc) is 2.82. The molecule has 0 aromatic heterocycles. The zero-order chi connectivity index (χ0) is 17.3. The molecule has 3 rings (SSSR count). The standard InChI is InChI=1S/C19H18BrNO3/c1-12(2)24-16-8-6-13(7-9-16)17-11-18(22)21(19(17)23)15-5-3-4-14(20)10-15/h3-10,12,17H,11H2,1-2H3/t17-/m1/s1. The number of halogens is 1. The Morgan fingerprint density at radius 3 is 2.46 bits per heavy atom. The molecule has 24 heavy (non-hydrogen) atoms. The lowest BCUT2D eigenvalue weighted by Crippen LogP contribution is -2.29. The number of amides is 2. The number of benzene rings is 2. The van der Waals surface area contributed by atoms with E-state index in [1.807, 2.05) is 50.2 Å². The van der Waals surface area contributed by atoms with Crippen molar-refractivity contribution in [3.63, 3.8) is 0 Å². The van der Waals surface area contributed by atoms with E-state index in [9.17, 15) is 9.59 Å². The fourth-order valence-corrected chi connectivity index (χ4v) is 3.22. The van der Waals surface area contributed by atoms with Crippen LogP contribution in [-0.2, 0) is 9.59 Å². The fourth-order valence-electron chi connectivity index (χ4n) is 2.83. The Morgan fingerprint density at radius 1 is 1.12 bits per heavy atom. The Hall–Kier alpha value is -2.14. The van der Waals surface area contributed by atoms with E-state index >= 15 is 0 Å². The minimum atomic E-state index is -0.440. The normalized spacial score (nSPS) is 17.7. The molecule has 124 valence electrons. The van der Waals surface area contributed by atoms with Gasteiger partial charge < -0.3 is 4.74 Å². The van der Waals surface area contributed by atoms with Crippen molar-refractivity contribution < 1.29 is 14.3 Å². The van der Waals surface area contributed by atoms with Crippen molar-refractivity contribution >= 4 is 33.4 Å². The highest BCUT2D eigenvalue weighted by atomic mass is 79.9. The van der Waals surface area contributed by atoms with Crippen LogP contribution in [0, 0.1) is 0 Å². The highest BCUT2D eigenvalue weighted by Gasteiger charge is 2.40. The first-order chi connectivity index (χ1) is 11.5. The molecule has 0 bridgehead atoms. The van der Waals surface area contributed by atoms with E-state index in [1.165, 1.54) is 4.90 Å². The van der Waals surface area contributed by atoms with Gasteiger partial charge in [0.15, 0.2) is 0 Å². The third-order valence-electron chi connectivity index (χ3n) is 3.87. The number of nitrogens with zero attached hydrogens (tertiary/aromatic N) is 1. The van der Waals surface area contributed by atoms with Crippen LogP contribution >= 0.6 is 15.9 Å². The SMILES string of the molecule is CC(C)Oc1ccc([C@H]2CC(=O)N(c3cccc(Br)c3)C2=O)cc1. The number of hydrogen-bond acceptors (Lipinski definition) is 3. The van der Waals surface area contributed by atoms with Gasteiger partial charge in [-0.05, 0) is 49.7 Å². The average molecular weight is 388 g/mol. The molecule has 2 aromatic rings. The molecular formula is C19H18BrNO3. The summed E-state index contributed by atoms with van der Waals surface area (Å²) in [6, 6.07) is 14.6. The van der Waals surface area contributed by atoms with E-state index in [4.69, 9.17) is 4.74 Å². The van der Waals surface area contributed by atoms with Crippen LogP contribution in [0.2, 0.25) is 0 Å². The fraction of sp³-hybridized carbons (Fsp3) is 0.263. The largest absolute Gasteiger partial charge is 0.491 e. The predicted molar refractivity (Wildman–Crippen MR) is 96.2 cm³/mol. The molecule has 0 unspecified atom stereocenters. The molecule has 1 saturated heterocycles. The summed E-state index contributed by atoms with van der Waals surface area (Å²) in [5, 5.41) is 0. The van der Waals surface area contributed by atoms with Gasteiger partial charge in [-0.25, -0.2) is 4.90 Å². The summed E-state index contributed by atoms with van der Waals surface area (Å²) < 4.78 is 6.45. The topological polar surface area (TPSA) is 46.6 Å². The van der Waals surface area contributed by atoms with Crippen molar-refractivity contribution in [2.45, 2.75) is 32.3 Å². The highest BCUT2D eigenvalue weighted by Crippen LogP contribution is 2.34. The molecule has 0 saturated carbocycles. The van der Waals surface area contributed by atoms with Gasteiger partial charge in [0.1, 0.15) is 5.75 Å². The first-order valence-electron chi connectivity index (χ1n) is 7.84. The summed E-state index contributed by atoms with van der Waals surface area (Å²) in [7, 11) is 0. The molecule has 1 aliphatic rings. The Bertz CT molecular complexity index is 770. The summed E-state index contributed by atoms with van der Waals surface area (Å²) in [6.45, 7) is 3.92. The summed E-state index contributed by atoms with van der Waals surface area (Å²) in [5.41, 5.74) is 1.43. The Morgan fingerprint density at radius 2 is 1.83 bits per heavy atom. The van der Waals surface area contributed by atoms with Gasteiger partial charge in [0.05, 0.1) is 17.7 Å².